The Balaban J connectivity index is 1.35. The highest BCUT2D eigenvalue weighted by Gasteiger charge is 2.43. The van der Waals surface area contributed by atoms with Crippen LogP contribution in [0.15, 0.2) is 57.3 Å². The predicted octanol–water partition coefficient (Wildman–Crippen LogP) is 3.50. The molecule has 5 rings (SSSR count). The van der Waals surface area contributed by atoms with Gasteiger partial charge in [0.2, 0.25) is 0 Å². The van der Waals surface area contributed by atoms with E-state index in [9.17, 15) is 21.6 Å². The number of anilines is 1. The first-order chi connectivity index (χ1) is 18.5. The van der Waals surface area contributed by atoms with E-state index in [-0.39, 0.29) is 36.3 Å². The van der Waals surface area contributed by atoms with Crippen LogP contribution >= 0.6 is 0 Å². The van der Waals surface area contributed by atoms with Crippen LogP contribution in [0.3, 0.4) is 0 Å². The molecule has 9 nitrogen and oxygen atoms in total. The summed E-state index contributed by atoms with van der Waals surface area (Å²) in [5, 5.41) is 9.47. The van der Waals surface area contributed by atoms with Gasteiger partial charge in [0, 0.05) is 36.8 Å². The lowest BCUT2D eigenvalue weighted by atomic mass is 9.76. The van der Waals surface area contributed by atoms with E-state index in [1.165, 1.54) is 12.1 Å². The Morgan fingerprint density at radius 1 is 1.05 bits per heavy atom. The normalized spacial score (nSPS) is 25.7. The van der Waals surface area contributed by atoms with E-state index in [1.54, 1.807) is 0 Å². The molecule has 1 saturated heterocycles. The number of hydrogen-bond acceptors (Lipinski definition) is 7. The molecule has 210 valence electrons. The number of nitrogens with one attached hydrogen (secondary N) is 3. The van der Waals surface area contributed by atoms with E-state index in [0.717, 1.165) is 11.6 Å². The van der Waals surface area contributed by atoms with Crippen LogP contribution < -0.4 is 16.0 Å². The maximum Gasteiger partial charge on any atom is 0.416 e. The number of rotatable bonds is 6. The van der Waals surface area contributed by atoms with Gasteiger partial charge in [-0.25, -0.2) is 0 Å². The van der Waals surface area contributed by atoms with Crippen molar-refractivity contribution in [1.29, 1.82) is 0 Å². The van der Waals surface area contributed by atoms with Crippen LogP contribution in [0.2, 0.25) is 0 Å². The summed E-state index contributed by atoms with van der Waals surface area (Å²) in [4.78, 5) is 1.94. The Hall–Kier alpha value is -3.16. The molecule has 0 aromatic heterocycles. The van der Waals surface area contributed by atoms with Gasteiger partial charge in [-0.2, -0.15) is 21.6 Å². The van der Waals surface area contributed by atoms with E-state index >= 15 is 0 Å². The first kappa shape index (κ1) is 27.4. The molecule has 2 aromatic carbocycles. The topological polar surface area (TPSA) is 107 Å². The number of alkyl halides is 3. The fraction of sp³-hybridized carbons (Fsp3) is 0.462. The van der Waals surface area contributed by atoms with E-state index in [4.69, 9.17) is 4.74 Å². The van der Waals surface area contributed by atoms with E-state index in [2.05, 4.69) is 24.7 Å². The number of nitrogens with zero attached hydrogens (tertiary/aromatic N) is 3. The van der Waals surface area contributed by atoms with Crippen LogP contribution in [0.1, 0.15) is 41.7 Å². The molecule has 0 aliphatic carbocycles. The standard InChI is InChI=1S/C26H31F3N6O3S/c1-35(2)13-12-30-24-25(34-39(36,37)33-24)31-15-18-9-10-19-22(16-6-4-3-5-7-16)32-21-11-8-17(26(27,28)29)14-20(21)23(19)38-18/h3-8,11,14,18-19,22-23,32H,9-10,12-13,15H2,1-2H3,(H,30,33)(H,31,34)/t18-,19+,22+,23+/m1/s1. The van der Waals surface area contributed by atoms with Gasteiger partial charge in [-0.1, -0.05) is 30.3 Å². The van der Waals surface area contributed by atoms with Crippen molar-refractivity contribution in [1.82, 2.24) is 15.5 Å². The summed E-state index contributed by atoms with van der Waals surface area (Å²) in [7, 11) is -0.187. The Bertz CT molecular complexity index is 1360. The Morgan fingerprint density at radius 2 is 1.77 bits per heavy atom. The molecule has 3 N–H and O–H groups in total. The molecule has 0 amide bonds. The van der Waals surface area contributed by atoms with Crippen molar-refractivity contribution in [2.45, 2.75) is 37.3 Å². The molecule has 39 heavy (non-hydrogen) atoms. The molecular formula is C26H31F3N6O3S. The van der Waals surface area contributed by atoms with E-state index in [1.807, 2.05) is 49.3 Å². The zero-order chi connectivity index (χ0) is 27.8. The van der Waals surface area contributed by atoms with Crippen LogP contribution in [0.5, 0.6) is 0 Å². The molecule has 3 aliphatic heterocycles. The lowest BCUT2D eigenvalue weighted by Gasteiger charge is -2.46. The average Bonchev–Trinajstić information content (AvgIpc) is 3.19. The molecule has 0 saturated carbocycles. The first-order valence-corrected chi connectivity index (χ1v) is 14.2. The Kier molecular flexibility index (Phi) is 7.57. The van der Waals surface area contributed by atoms with Gasteiger partial charge in [0.1, 0.15) is 0 Å². The molecule has 0 spiro atoms. The smallest absolute Gasteiger partial charge is 0.378 e. The molecule has 2 aromatic rings. The summed E-state index contributed by atoms with van der Waals surface area (Å²) < 4.78 is 78.6. The highest BCUT2D eigenvalue weighted by molar-refractivity contribution is 7.89. The minimum atomic E-state index is -4.47. The molecule has 3 heterocycles. The van der Waals surface area contributed by atoms with Crippen LogP contribution in [-0.2, 0) is 21.1 Å². The van der Waals surface area contributed by atoms with Crippen molar-refractivity contribution in [3.8, 4) is 0 Å². The number of halogens is 3. The monoisotopic (exact) mass is 564 g/mol. The molecule has 3 aliphatic rings. The quantitative estimate of drug-likeness (QED) is 0.493. The minimum Gasteiger partial charge on any atom is -0.378 e. The van der Waals surface area contributed by atoms with Gasteiger partial charge in [-0.3, -0.25) is 0 Å². The Labute approximate surface area is 225 Å². The summed E-state index contributed by atoms with van der Waals surface area (Å²) in [6.07, 6.45) is -4.09. The van der Waals surface area contributed by atoms with Crippen molar-refractivity contribution in [3.05, 3.63) is 65.2 Å². The Morgan fingerprint density at radius 3 is 2.46 bits per heavy atom. The second-order valence-electron chi connectivity index (χ2n) is 10.2. The second-order valence-corrected chi connectivity index (χ2v) is 11.5. The third kappa shape index (κ3) is 6.20. The molecule has 0 bridgehead atoms. The van der Waals surface area contributed by atoms with Gasteiger partial charge >= 0.3 is 16.4 Å². The highest BCUT2D eigenvalue weighted by atomic mass is 32.2. The van der Waals surface area contributed by atoms with Crippen LogP contribution in [0.25, 0.3) is 0 Å². The lowest BCUT2D eigenvalue weighted by Crippen LogP contribution is -2.46. The van der Waals surface area contributed by atoms with Crippen molar-refractivity contribution in [2.75, 3.05) is 39.0 Å². The lowest BCUT2D eigenvalue weighted by molar-refractivity contribution is -0.138. The van der Waals surface area contributed by atoms with Gasteiger partial charge in [-0.05, 0) is 50.7 Å². The van der Waals surface area contributed by atoms with Crippen LogP contribution in [-0.4, -0.2) is 64.8 Å². The van der Waals surface area contributed by atoms with E-state index in [0.29, 0.717) is 37.2 Å². The number of benzene rings is 2. The van der Waals surface area contributed by atoms with E-state index < -0.39 is 28.1 Å². The molecule has 13 heteroatoms. The SMILES string of the molecule is CN(C)CCNC1=NS(=O)(=O)N=C1NC[C@H]1CC[C@@H]2[C@H](O1)c1cc(C(F)(F)F)ccc1N[C@H]2c1ccccc1. The molecule has 1 fully saturated rings. The van der Waals surface area contributed by atoms with Gasteiger partial charge in [-0.15, -0.1) is 8.80 Å². The van der Waals surface area contributed by atoms with Crippen molar-refractivity contribution < 1.29 is 26.3 Å². The van der Waals surface area contributed by atoms with Crippen molar-refractivity contribution in [2.24, 2.45) is 14.7 Å². The second kappa shape index (κ2) is 10.8. The fourth-order valence-corrected chi connectivity index (χ4v) is 6.06. The summed E-state index contributed by atoms with van der Waals surface area (Å²) in [6.45, 7) is 1.36. The van der Waals surface area contributed by atoms with Crippen LogP contribution in [0, 0.1) is 5.92 Å². The number of fused-ring (bicyclic) bond motifs is 3. The van der Waals surface area contributed by atoms with Crippen molar-refractivity contribution in [3.63, 3.8) is 0 Å². The molecule has 4 atom stereocenters. The summed E-state index contributed by atoms with van der Waals surface area (Å²) >= 11 is 0. The zero-order valence-electron chi connectivity index (χ0n) is 21.6. The zero-order valence-corrected chi connectivity index (χ0v) is 22.4. The number of ether oxygens (including phenoxy) is 1. The third-order valence-electron chi connectivity index (χ3n) is 7.12. The number of likely N-dealkylation sites (N-methyl/N-ethyl adjacent to an activating group) is 1. The third-order valence-corrected chi connectivity index (χ3v) is 7.95. The molecule has 0 radical (unpaired) electrons. The van der Waals surface area contributed by atoms with Gasteiger partial charge in [0.25, 0.3) is 0 Å². The first-order valence-electron chi connectivity index (χ1n) is 12.8. The van der Waals surface area contributed by atoms with Gasteiger partial charge < -0.3 is 25.6 Å². The predicted molar refractivity (Wildman–Crippen MR) is 143 cm³/mol. The van der Waals surface area contributed by atoms with Crippen LogP contribution in [0.4, 0.5) is 18.9 Å². The average molecular weight is 565 g/mol. The molecular weight excluding hydrogens is 533 g/mol. The summed E-state index contributed by atoms with van der Waals surface area (Å²) in [5.41, 5.74) is 1.39. The largest absolute Gasteiger partial charge is 0.416 e. The number of hydrogen-bond donors (Lipinski definition) is 3. The van der Waals surface area contributed by atoms with Gasteiger partial charge in [0.05, 0.1) is 23.8 Å². The van der Waals surface area contributed by atoms with Crippen molar-refractivity contribution >= 4 is 27.6 Å². The summed E-state index contributed by atoms with van der Waals surface area (Å²) in [5.74, 6) is 0.150. The highest BCUT2D eigenvalue weighted by Crippen LogP contribution is 2.51. The maximum atomic E-state index is 13.6. The minimum absolute atomic E-state index is 0.0892. The fourth-order valence-electron chi connectivity index (χ4n) is 5.25. The number of amidine groups is 2. The molecule has 0 unspecified atom stereocenters. The van der Waals surface area contributed by atoms with Gasteiger partial charge in [0.15, 0.2) is 11.7 Å². The maximum absolute atomic E-state index is 13.6. The summed E-state index contributed by atoms with van der Waals surface area (Å²) in [6, 6.07) is 13.4.